The number of pyridine rings is 1. The zero-order valence-corrected chi connectivity index (χ0v) is 10.4. The van der Waals surface area contributed by atoms with Crippen molar-refractivity contribution in [2.24, 2.45) is 0 Å². The van der Waals surface area contributed by atoms with Gasteiger partial charge in [-0.15, -0.1) is 0 Å². The third-order valence-electron chi connectivity index (χ3n) is 2.64. The van der Waals surface area contributed by atoms with Crippen LogP contribution < -0.4 is 5.73 Å². The molecule has 0 aliphatic carbocycles. The standard InChI is InChI=1S/C14H11N3S/c15-14-17-9-12(18-14)11-7-4-8-16-13(11)10-5-2-1-3-6-10/h1-9H,(H2,15,17). The van der Waals surface area contributed by atoms with E-state index in [9.17, 15) is 0 Å². The summed E-state index contributed by atoms with van der Waals surface area (Å²) >= 11 is 1.48. The zero-order chi connectivity index (χ0) is 12.4. The molecular weight excluding hydrogens is 242 g/mol. The van der Waals surface area contributed by atoms with Crippen molar-refractivity contribution in [2.75, 3.05) is 5.73 Å². The molecule has 0 aliphatic heterocycles. The molecule has 0 saturated carbocycles. The van der Waals surface area contributed by atoms with Crippen molar-refractivity contribution in [1.82, 2.24) is 9.97 Å². The fourth-order valence-corrected chi connectivity index (χ4v) is 2.55. The summed E-state index contributed by atoms with van der Waals surface area (Å²) in [5, 5.41) is 0.577. The van der Waals surface area contributed by atoms with E-state index in [1.165, 1.54) is 11.3 Å². The van der Waals surface area contributed by atoms with Gasteiger partial charge in [0.2, 0.25) is 0 Å². The number of anilines is 1. The second-order valence-electron chi connectivity index (χ2n) is 3.83. The van der Waals surface area contributed by atoms with Crippen LogP contribution >= 0.6 is 11.3 Å². The molecule has 0 unspecified atom stereocenters. The van der Waals surface area contributed by atoms with E-state index in [1.807, 2.05) is 30.3 Å². The Morgan fingerprint density at radius 2 is 1.78 bits per heavy atom. The van der Waals surface area contributed by atoms with Gasteiger partial charge in [-0.25, -0.2) is 4.98 Å². The van der Waals surface area contributed by atoms with Gasteiger partial charge in [-0.1, -0.05) is 41.7 Å². The van der Waals surface area contributed by atoms with Crippen LogP contribution in [0.3, 0.4) is 0 Å². The van der Waals surface area contributed by atoms with E-state index < -0.39 is 0 Å². The van der Waals surface area contributed by atoms with Crippen LogP contribution in [0.5, 0.6) is 0 Å². The topological polar surface area (TPSA) is 51.8 Å². The molecule has 3 aromatic rings. The third kappa shape index (κ3) is 1.98. The lowest BCUT2D eigenvalue weighted by Gasteiger charge is -2.06. The predicted octanol–water partition coefficient (Wildman–Crippen LogP) is 3.45. The van der Waals surface area contributed by atoms with E-state index in [1.54, 1.807) is 12.4 Å². The van der Waals surface area contributed by atoms with E-state index in [0.29, 0.717) is 5.13 Å². The molecule has 3 nitrogen and oxygen atoms in total. The smallest absolute Gasteiger partial charge is 0.180 e. The number of thiazole rings is 1. The van der Waals surface area contributed by atoms with Gasteiger partial charge in [-0.3, -0.25) is 4.98 Å². The second-order valence-corrected chi connectivity index (χ2v) is 4.89. The molecule has 0 saturated heterocycles. The summed E-state index contributed by atoms with van der Waals surface area (Å²) in [6.07, 6.45) is 3.60. The van der Waals surface area contributed by atoms with Crippen molar-refractivity contribution in [1.29, 1.82) is 0 Å². The lowest BCUT2D eigenvalue weighted by atomic mass is 10.1. The Balaban J connectivity index is 2.17. The van der Waals surface area contributed by atoms with Crippen molar-refractivity contribution >= 4 is 16.5 Å². The normalized spacial score (nSPS) is 10.4. The molecule has 0 atom stereocenters. The first-order chi connectivity index (χ1) is 8.84. The summed E-state index contributed by atoms with van der Waals surface area (Å²) in [6.45, 7) is 0. The van der Waals surface area contributed by atoms with E-state index >= 15 is 0 Å². The molecule has 1 aromatic carbocycles. The zero-order valence-electron chi connectivity index (χ0n) is 9.58. The van der Waals surface area contributed by atoms with Crippen LogP contribution in [-0.2, 0) is 0 Å². The molecule has 0 radical (unpaired) electrons. The Bertz CT molecular complexity index is 662. The van der Waals surface area contributed by atoms with Gasteiger partial charge in [0.05, 0.1) is 10.6 Å². The van der Waals surface area contributed by atoms with Crippen molar-refractivity contribution in [2.45, 2.75) is 0 Å². The molecule has 0 aliphatic rings. The van der Waals surface area contributed by atoms with Crippen LogP contribution in [0, 0.1) is 0 Å². The van der Waals surface area contributed by atoms with Crippen LogP contribution in [0.15, 0.2) is 54.9 Å². The Kier molecular flexibility index (Phi) is 2.78. The molecule has 0 spiro atoms. The average Bonchev–Trinajstić information content (AvgIpc) is 2.86. The van der Waals surface area contributed by atoms with Crippen molar-refractivity contribution in [3.8, 4) is 21.7 Å². The van der Waals surface area contributed by atoms with Gasteiger partial charge in [-0.05, 0) is 12.1 Å². The molecule has 2 heterocycles. The predicted molar refractivity (Wildman–Crippen MR) is 75.2 cm³/mol. The maximum Gasteiger partial charge on any atom is 0.180 e. The summed E-state index contributed by atoms with van der Waals surface area (Å²) in [4.78, 5) is 9.61. The molecule has 0 fully saturated rings. The Labute approximate surface area is 109 Å². The molecule has 2 N–H and O–H groups in total. The van der Waals surface area contributed by atoms with Crippen LogP contribution in [-0.4, -0.2) is 9.97 Å². The summed E-state index contributed by atoms with van der Waals surface area (Å²) < 4.78 is 0. The van der Waals surface area contributed by atoms with Gasteiger partial charge in [0, 0.05) is 23.5 Å². The van der Waals surface area contributed by atoms with Crippen LogP contribution in [0.4, 0.5) is 5.13 Å². The SMILES string of the molecule is Nc1ncc(-c2cccnc2-c2ccccc2)s1. The highest BCUT2D eigenvalue weighted by molar-refractivity contribution is 7.18. The first-order valence-corrected chi connectivity index (χ1v) is 6.38. The second kappa shape index (κ2) is 4.58. The lowest BCUT2D eigenvalue weighted by Crippen LogP contribution is -1.86. The Morgan fingerprint density at radius 1 is 0.944 bits per heavy atom. The van der Waals surface area contributed by atoms with E-state index in [0.717, 1.165) is 21.7 Å². The fraction of sp³-hybridized carbons (Fsp3) is 0. The van der Waals surface area contributed by atoms with Crippen LogP contribution in [0.2, 0.25) is 0 Å². The first-order valence-electron chi connectivity index (χ1n) is 5.57. The molecule has 2 aromatic heterocycles. The van der Waals surface area contributed by atoms with Gasteiger partial charge < -0.3 is 5.73 Å². The van der Waals surface area contributed by atoms with Gasteiger partial charge >= 0.3 is 0 Å². The lowest BCUT2D eigenvalue weighted by molar-refractivity contribution is 1.33. The molecule has 4 heteroatoms. The van der Waals surface area contributed by atoms with Gasteiger partial charge in [0.1, 0.15) is 0 Å². The summed E-state index contributed by atoms with van der Waals surface area (Å²) in [6, 6.07) is 14.1. The molecule has 18 heavy (non-hydrogen) atoms. The van der Waals surface area contributed by atoms with Crippen molar-refractivity contribution in [3.63, 3.8) is 0 Å². The Hall–Kier alpha value is -2.20. The van der Waals surface area contributed by atoms with Gasteiger partial charge in [0.25, 0.3) is 0 Å². The number of nitrogen functional groups attached to an aromatic ring is 1. The molecule has 3 rings (SSSR count). The Morgan fingerprint density at radius 3 is 2.50 bits per heavy atom. The van der Waals surface area contributed by atoms with E-state index in [-0.39, 0.29) is 0 Å². The minimum absolute atomic E-state index is 0.577. The summed E-state index contributed by atoms with van der Waals surface area (Å²) in [5.74, 6) is 0. The van der Waals surface area contributed by atoms with E-state index in [2.05, 4.69) is 22.1 Å². The largest absolute Gasteiger partial charge is 0.375 e. The van der Waals surface area contributed by atoms with Crippen molar-refractivity contribution in [3.05, 3.63) is 54.9 Å². The number of nitrogens with two attached hydrogens (primary N) is 1. The number of hydrogen-bond donors (Lipinski definition) is 1. The molecule has 88 valence electrons. The maximum absolute atomic E-state index is 5.69. The van der Waals surface area contributed by atoms with E-state index in [4.69, 9.17) is 5.73 Å². The highest BCUT2D eigenvalue weighted by Crippen LogP contribution is 2.33. The molecule has 0 bridgehead atoms. The van der Waals surface area contributed by atoms with Crippen LogP contribution in [0.1, 0.15) is 0 Å². The third-order valence-corrected chi connectivity index (χ3v) is 3.50. The maximum atomic E-state index is 5.69. The minimum Gasteiger partial charge on any atom is -0.375 e. The first kappa shape index (κ1) is 10.9. The fourth-order valence-electron chi connectivity index (χ4n) is 1.84. The summed E-state index contributed by atoms with van der Waals surface area (Å²) in [7, 11) is 0. The van der Waals surface area contributed by atoms with Gasteiger partial charge in [0.15, 0.2) is 5.13 Å². The molecular formula is C14H11N3S. The number of benzene rings is 1. The average molecular weight is 253 g/mol. The number of rotatable bonds is 2. The number of hydrogen-bond acceptors (Lipinski definition) is 4. The van der Waals surface area contributed by atoms with Crippen molar-refractivity contribution < 1.29 is 0 Å². The highest BCUT2D eigenvalue weighted by atomic mass is 32.1. The van der Waals surface area contributed by atoms with Crippen LogP contribution in [0.25, 0.3) is 21.7 Å². The van der Waals surface area contributed by atoms with Gasteiger partial charge in [-0.2, -0.15) is 0 Å². The number of nitrogens with zero attached hydrogens (tertiary/aromatic N) is 2. The number of aromatic nitrogens is 2. The highest BCUT2D eigenvalue weighted by Gasteiger charge is 2.10. The monoisotopic (exact) mass is 253 g/mol. The quantitative estimate of drug-likeness (QED) is 0.761. The minimum atomic E-state index is 0.577. The molecule has 0 amide bonds. The summed E-state index contributed by atoms with van der Waals surface area (Å²) in [5.41, 5.74) is 8.82.